The Morgan fingerprint density at radius 1 is 0.710 bits per heavy atom. The van der Waals surface area contributed by atoms with Gasteiger partial charge in [-0.05, 0) is 41.8 Å². The van der Waals surface area contributed by atoms with Gasteiger partial charge < -0.3 is 28.7 Å². The van der Waals surface area contributed by atoms with Crippen LogP contribution in [0, 0.1) is 0 Å². The van der Waals surface area contributed by atoms with Gasteiger partial charge in [-0.15, -0.1) is 0 Å². The smallest absolute Gasteiger partial charge is 0.0984 e. The average molecular weight is 427 g/mol. The maximum absolute atomic E-state index is 5.42. The first kappa shape index (κ1) is 22.1. The van der Waals surface area contributed by atoms with Gasteiger partial charge in [0, 0.05) is 51.8 Å². The highest BCUT2D eigenvalue weighted by Gasteiger charge is 2.26. The summed E-state index contributed by atoms with van der Waals surface area (Å²) in [6.07, 6.45) is 1.66. The Kier molecular flexibility index (Phi) is 7.81. The van der Waals surface area contributed by atoms with Crippen LogP contribution in [0.15, 0.2) is 48.5 Å². The molecule has 0 aromatic heterocycles. The van der Waals surface area contributed by atoms with Crippen LogP contribution < -0.4 is 9.80 Å². The summed E-state index contributed by atoms with van der Waals surface area (Å²) < 4.78 is 21.4. The van der Waals surface area contributed by atoms with Crippen LogP contribution in [0.2, 0.25) is 0 Å². The minimum Gasteiger partial charge on any atom is -0.383 e. The lowest BCUT2D eigenvalue weighted by atomic mass is 10.0. The SMILES string of the molecule is COCCN(CC1CO1)c1ccc(Cc2ccc(N(CCOC)CC3CO3)cc2)cc1. The Bertz CT molecular complexity index is 721. The number of hydrogen-bond donors (Lipinski definition) is 0. The second-order valence-electron chi connectivity index (χ2n) is 8.30. The van der Waals surface area contributed by atoms with Crippen LogP contribution in [-0.4, -0.2) is 79.0 Å². The third-order valence-corrected chi connectivity index (χ3v) is 5.79. The minimum atomic E-state index is 0.366. The van der Waals surface area contributed by atoms with E-state index < -0.39 is 0 Å². The number of epoxide rings is 2. The van der Waals surface area contributed by atoms with Crippen molar-refractivity contribution in [1.82, 2.24) is 0 Å². The Morgan fingerprint density at radius 3 is 1.42 bits per heavy atom. The summed E-state index contributed by atoms with van der Waals surface area (Å²) >= 11 is 0. The van der Waals surface area contributed by atoms with Crippen molar-refractivity contribution in [3.8, 4) is 0 Å². The van der Waals surface area contributed by atoms with E-state index in [0.29, 0.717) is 12.2 Å². The number of anilines is 2. The van der Waals surface area contributed by atoms with Gasteiger partial charge >= 0.3 is 0 Å². The Hall–Kier alpha value is -2.12. The lowest BCUT2D eigenvalue weighted by Gasteiger charge is -2.24. The van der Waals surface area contributed by atoms with Crippen molar-refractivity contribution < 1.29 is 18.9 Å². The van der Waals surface area contributed by atoms with E-state index in [0.717, 1.165) is 59.0 Å². The predicted molar refractivity (Wildman–Crippen MR) is 123 cm³/mol. The van der Waals surface area contributed by atoms with E-state index in [2.05, 4.69) is 58.3 Å². The highest BCUT2D eigenvalue weighted by atomic mass is 16.6. The summed E-state index contributed by atoms with van der Waals surface area (Å²) in [5.74, 6) is 0. The summed E-state index contributed by atoms with van der Waals surface area (Å²) in [6.45, 7) is 6.78. The van der Waals surface area contributed by atoms with E-state index in [-0.39, 0.29) is 0 Å². The number of ether oxygens (including phenoxy) is 4. The highest BCUT2D eigenvalue weighted by molar-refractivity contribution is 5.50. The molecule has 0 bridgehead atoms. The molecule has 2 aromatic rings. The molecule has 2 unspecified atom stereocenters. The Labute approximate surface area is 185 Å². The number of hydrogen-bond acceptors (Lipinski definition) is 6. The van der Waals surface area contributed by atoms with Crippen molar-refractivity contribution in [3.63, 3.8) is 0 Å². The summed E-state index contributed by atoms with van der Waals surface area (Å²) in [4.78, 5) is 4.69. The zero-order valence-corrected chi connectivity index (χ0v) is 18.7. The number of benzene rings is 2. The molecule has 2 heterocycles. The molecule has 31 heavy (non-hydrogen) atoms. The fraction of sp³-hybridized carbons (Fsp3) is 0.520. The molecule has 0 spiro atoms. The van der Waals surface area contributed by atoms with E-state index >= 15 is 0 Å². The normalized spacial score (nSPS) is 19.3. The molecule has 0 radical (unpaired) electrons. The summed E-state index contributed by atoms with van der Waals surface area (Å²) in [5.41, 5.74) is 5.08. The van der Waals surface area contributed by atoms with Crippen molar-refractivity contribution in [2.24, 2.45) is 0 Å². The Morgan fingerprint density at radius 2 is 1.10 bits per heavy atom. The largest absolute Gasteiger partial charge is 0.383 e. The van der Waals surface area contributed by atoms with Gasteiger partial charge in [0.2, 0.25) is 0 Å². The number of methoxy groups -OCH3 is 2. The molecule has 0 amide bonds. The summed E-state index contributed by atoms with van der Waals surface area (Å²) in [6, 6.07) is 17.8. The van der Waals surface area contributed by atoms with Gasteiger partial charge in [0.25, 0.3) is 0 Å². The zero-order chi connectivity index (χ0) is 21.5. The van der Waals surface area contributed by atoms with Crippen molar-refractivity contribution >= 4 is 11.4 Å². The standard InChI is InChI=1S/C25H34N2O4/c1-28-13-11-26(16-24-18-30-24)22-7-3-20(4-8-22)15-21-5-9-23(10-6-21)27(12-14-29-2)17-25-19-31-25/h3-10,24-25H,11-19H2,1-2H3. The molecule has 4 rings (SSSR count). The lowest BCUT2D eigenvalue weighted by Crippen LogP contribution is -2.31. The maximum atomic E-state index is 5.42. The van der Waals surface area contributed by atoms with Crippen molar-refractivity contribution in [1.29, 1.82) is 0 Å². The molecule has 0 saturated carbocycles. The predicted octanol–water partition coefficient (Wildman–Crippen LogP) is 2.98. The maximum Gasteiger partial charge on any atom is 0.0984 e. The van der Waals surface area contributed by atoms with Crippen LogP contribution in [0.1, 0.15) is 11.1 Å². The van der Waals surface area contributed by atoms with E-state index in [9.17, 15) is 0 Å². The van der Waals surface area contributed by atoms with Crippen molar-refractivity contribution in [2.45, 2.75) is 18.6 Å². The quantitative estimate of drug-likeness (QED) is 0.433. The van der Waals surface area contributed by atoms with Crippen LogP contribution in [0.25, 0.3) is 0 Å². The topological polar surface area (TPSA) is 50.0 Å². The lowest BCUT2D eigenvalue weighted by molar-refractivity contribution is 0.204. The second kappa shape index (κ2) is 11.0. The fourth-order valence-corrected chi connectivity index (χ4v) is 3.78. The van der Waals surface area contributed by atoms with Gasteiger partial charge in [-0.25, -0.2) is 0 Å². The summed E-state index contributed by atoms with van der Waals surface area (Å²) in [5, 5.41) is 0. The van der Waals surface area contributed by atoms with Gasteiger partial charge in [-0.2, -0.15) is 0 Å². The Balaban J connectivity index is 1.35. The van der Waals surface area contributed by atoms with Crippen LogP contribution in [0.3, 0.4) is 0 Å². The number of nitrogens with zero attached hydrogens (tertiary/aromatic N) is 2. The van der Waals surface area contributed by atoms with Gasteiger partial charge in [0.15, 0.2) is 0 Å². The number of rotatable bonds is 14. The molecular weight excluding hydrogens is 392 g/mol. The van der Waals surface area contributed by atoms with Gasteiger partial charge in [-0.1, -0.05) is 24.3 Å². The third-order valence-electron chi connectivity index (χ3n) is 5.79. The molecule has 2 aliphatic rings. The molecule has 168 valence electrons. The summed E-state index contributed by atoms with van der Waals surface area (Å²) in [7, 11) is 3.49. The first-order valence-electron chi connectivity index (χ1n) is 11.1. The molecule has 2 fully saturated rings. The van der Waals surface area contributed by atoms with Crippen LogP contribution in [0.5, 0.6) is 0 Å². The molecule has 6 nitrogen and oxygen atoms in total. The molecule has 2 aromatic carbocycles. The molecule has 2 aliphatic heterocycles. The van der Waals surface area contributed by atoms with Gasteiger partial charge in [0.05, 0.1) is 38.6 Å². The molecule has 6 heteroatoms. The molecule has 2 saturated heterocycles. The molecule has 0 aliphatic carbocycles. The van der Waals surface area contributed by atoms with E-state index in [1.54, 1.807) is 14.2 Å². The monoisotopic (exact) mass is 426 g/mol. The second-order valence-corrected chi connectivity index (χ2v) is 8.30. The zero-order valence-electron chi connectivity index (χ0n) is 18.7. The van der Waals surface area contributed by atoms with Crippen molar-refractivity contribution in [3.05, 3.63) is 59.7 Å². The van der Waals surface area contributed by atoms with Crippen LogP contribution in [0.4, 0.5) is 11.4 Å². The van der Waals surface area contributed by atoms with Gasteiger partial charge in [-0.3, -0.25) is 0 Å². The average Bonchev–Trinajstić information content (AvgIpc) is 3.72. The highest BCUT2D eigenvalue weighted by Crippen LogP contribution is 2.23. The van der Waals surface area contributed by atoms with Crippen LogP contribution >= 0.6 is 0 Å². The third kappa shape index (κ3) is 6.94. The van der Waals surface area contributed by atoms with E-state index in [4.69, 9.17) is 18.9 Å². The van der Waals surface area contributed by atoms with Crippen molar-refractivity contribution in [2.75, 3.05) is 76.6 Å². The molecular formula is C25H34N2O4. The molecule has 0 N–H and O–H groups in total. The van der Waals surface area contributed by atoms with Gasteiger partial charge in [0.1, 0.15) is 0 Å². The minimum absolute atomic E-state index is 0.366. The fourth-order valence-electron chi connectivity index (χ4n) is 3.78. The molecule has 2 atom stereocenters. The van der Waals surface area contributed by atoms with E-state index in [1.165, 1.54) is 22.5 Å². The first-order chi connectivity index (χ1) is 15.2. The first-order valence-corrected chi connectivity index (χ1v) is 11.1. The van der Waals surface area contributed by atoms with Crippen LogP contribution in [-0.2, 0) is 25.4 Å². The van der Waals surface area contributed by atoms with E-state index in [1.807, 2.05) is 0 Å².